The van der Waals surface area contributed by atoms with E-state index in [2.05, 4.69) is 49.8 Å². The molecule has 0 spiro atoms. The van der Waals surface area contributed by atoms with Gasteiger partial charge >= 0.3 is 5.69 Å². The molecule has 2 aromatic heterocycles. The fraction of sp³-hybridized carbons (Fsp3) is 0.522. The number of tetrazole rings is 1. The van der Waals surface area contributed by atoms with Crippen LogP contribution in [0.1, 0.15) is 45.1 Å². The van der Waals surface area contributed by atoms with E-state index in [1.807, 2.05) is 6.92 Å². The number of aryl methyl sites for hydroxylation is 2. The number of aromatic nitrogens is 6. The summed E-state index contributed by atoms with van der Waals surface area (Å²) in [7, 11) is 1.43. The molecule has 3 aromatic rings. The van der Waals surface area contributed by atoms with E-state index < -0.39 is 17.3 Å². The Morgan fingerprint density at radius 3 is 2.80 bits per heavy atom. The molecular weight excluding hydrogens is 453 g/mol. The van der Waals surface area contributed by atoms with Gasteiger partial charge in [-0.2, -0.15) is 14.3 Å². The Kier molecular flexibility index (Phi) is 5.70. The zero-order valence-electron chi connectivity index (χ0n) is 20.3. The highest BCUT2D eigenvalue weighted by molar-refractivity contribution is 5.63. The highest BCUT2D eigenvalue weighted by atomic mass is 19.1. The van der Waals surface area contributed by atoms with E-state index in [0.29, 0.717) is 11.9 Å². The van der Waals surface area contributed by atoms with Crippen LogP contribution in [0.25, 0.3) is 5.69 Å². The summed E-state index contributed by atoms with van der Waals surface area (Å²) in [5, 5.41) is 24.0. The van der Waals surface area contributed by atoms with Gasteiger partial charge in [0.1, 0.15) is 17.3 Å². The second-order valence-electron chi connectivity index (χ2n) is 10.1. The lowest BCUT2D eigenvalue weighted by atomic mass is 9.84. The summed E-state index contributed by atoms with van der Waals surface area (Å²) in [5.74, 6) is -0.280. The van der Waals surface area contributed by atoms with Gasteiger partial charge in [-0.05, 0) is 69.5 Å². The Balaban J connectivity index is 1.39. The maximum Gasteiger partial charge on any atom is 0.368 e. The minimum atomic E-state index is -0.725. The third-order valence-electron chi connectivity index (χ3n) is 7.03. The molecule has 0 amide bonds. The van der Waals surface area contributed by atoms with E-state index in [1.165, 1.54) is 26.0 Å². The van der Waals surface area contributed by atoms with Crippen molar-refractivity contribution in [1.82, 2.24) is 34.7 Å². The SMILES string of the molecule is Cc1cnc(Nc2cc(-n3nnn(C)c3=O)c(O)cc2F)nc1N[C@@H]1C[C@@H]2CCCN2C(C)(C)C1. The van der Waals surface area contributed by atoms with Crippen LogP contribution in [0.2, 0.25) is 0 Å². The third-order valence-corrected chi connectivity index (χ3v) is 7.03. The third kappa shape index (κ3) is 4.33. The summed E-state index contributed by atoms with van der Waals surface area (Å²) in [6.07, 6.45) is 6.19. The summed E-state index contributed by atoms with van der Waals surface area (Å²) in [6.45, 7) is 7.69. The average Bonchev–Trinajstić information content (AvgIpc) is 3.40. The van der Waals surface area contributed by atoms with Crippen molar-refractivity contribution in [2.75, 3.05) is 17.2 Å². The highest BCUT2D eigenvalue weighted by Crippen LogP contribution is 2.38. The molecule has 11 nitrogen and oxygen atoms in total. The number of phenols is 1. The topological polar surface area (TPSA) is 126 Å². The number of nitrogens with one attached hydrogen (secondary N) is 2. The Morgan fingerprint density at radius 1 is 1.26 bits per heavy atom. The van der Waals surface area contributed by atoms with Crippen molar-refractivity contribution in [3.63, 3.8) is 0 Å². The molecule has 186 valence electrons. The van der Waals surface area contributed by atoms with Gasteiger partial charge in [-0.25, -0.2) is 14.2 Å². The van der Waals surface area contributed by atoms with Gasteiger partial charge in [-0.15, -0.1) is 0 Å². The average molecular weight is 484 g/mol. The molecule has 2 aliphatic heterocycles. The number of fused-ring (bicyclic) bond motifs is 1. The Morgan fingerprint density at radius 2 is 2.06 bits per heavy atom. The standard InChI is InChI=1S/C23H30FN9O2/c1-13-12-25-21(28-20(13)26-14-8-15-6-5-7-32(15)23(2,3)11-14)27-17-10-18(19(34)9-16(17)24)33-22(35)31(4)29-30-33/h9-10,12,14-15,34H,5-8,11H2,1-4H3,(H2,25,26,27,28)/t14-,15+/m1/s1. The normalized spacial score (nSPS) is 21.6. The van der Waals surface area contributed by atoms with Crippen molar-refractivity contribution >= 4 is 17.5 Å². The van der Waals surface area contributed by atoms with Gasteiger partial charge < -0.3 is 15.7 Å². The number of aromatic hydroxyl groups is 1. The van der Waals surface area contributed by atoms with Crippen molar-refractivity contribution in [2.45, 2.75) is 64.1 Å². The minimum absolute atomic E-state index is 0.00875. The number of rotatable bonds is 5. The van der Waals surface area contributed by atoms with Gasteiger partial charge in [0, 0.05) is 42.5 Å². The lowest BCUT2D eigenvalue weighted by Gasteiger charge is -2.48. The summed E-state index contributed by atoms with van der Waals surface area (Å²) >= 11 is 0. The van der Waals surface area contributed by atoms with E-state index in [9.17, 15) is 14.3 Å². The van der Waals surface area contributed by atoms with Crippen LogP contribution in [0.3, 0.4) is 0 Å². The lowest BCUT2D eigenvalue weighted by molar-refractivity contribution is 0.0501. The fourth-order valence-electron chi connectivity index (χ4n) is 5.36. The van der Waals surface area contributed by atoms with Crippen molar-refractivity contribution in [1.29, 1.82) is 0 Å². The minimum Gasteiger partial charge on any atom is -0.506 e. The van der Waals surface area contributed by atoms with E-state index in [4.69, 9.17) is 0 Å². The molecular formula is C23H30FN9O2. The van der Waals surface area contributed by atoms with Crippen molar-refractivity contribution < 1.29 is 9.50 Å². The number of halogens is 1. The molecule has 2 atom stereocenters. The maximum absolute atomic E-state index is 14.7. The molecule has 35 heavy (non-hydrogen) atoms. The molecule has 2 fully saturated rings. The molecule has 2 saturated heterocycles. The summed E-state index contributed by atoms with van der Waals surface area (Å²) < 4.78 is 16.6. The van der Waals surface area contributed by atoms with Crippen molar-refractivity contribution in [3.8, 4) is 11.4 Å². The van der Waals surface area contributed by atoms with Crippen molar-refractivity contribution in [3.05, 3.63) is 40.2 Å². The first-order chi connectivity index (χ1) is 16.6. The Labute approximate surface area is 202 Å². The maximum atomic E-state index is 14.7. The second kappa shape index (κ2) is 8.59. The molecule has 5 rings (SSSR count). The lowest BCUT2D eigenvalue weighted by Crippen LogP contribution is -2.55. The van der Waals surface area contributed by atoms with Crippen LogP contribution < -0.4 is 16.3 Å². The molecule has 0 unspecified atom stereocenters. The van der Waals surface area contributed by atoms with Crippen LogP contribution in [0.15, 0.2) is 23.1 Å². The van der Waals surface area contributed by atoms with Gasteiger partial charge in [0.2, 0.25) is 5.95 Å². The van der Waals surface area contributed by atoms with E-state index in [-0.39, 0.29) is 28.9 Å². The molecule has 0 aliphatic carbocycles. The van der Waals surface area contributed by atoms with E-state index >= 15 is 0 Å². The van der Waals surface area contributed by atoms with Crippen LogP contribution in [-0.4, -0.2) is 63.9 Å². The number of hydrogen-bond acceptors (Lipinski definition) is 9. The van der Waals surface area contributed by atoms with Gasteiger partial charge in [0.15, 0.2) is 5.82 Å². The smallest absolute Gasteiger partial charge is 0.368 e. The van der Waals surface area contributed by atoms with Crippen molar-refractivity contribution in [2.24, 2.45) is 7.05 Å². The molecule has 12 heteroatoms. The first-order valence-electron chi connectivity index (χ1n) is 11.8. The predicted molar refractivity (Wildman–Crippen MR) is 129 cm³/mol. The number of benzene rings is 1. The van der Waals surface area contributed by atoms with Gasteiger partial charge in [-0.3, -0.25) is 4.90 Å². The molecule has 0 bridgehead atoms. The van der Waals surface area contributed by atoms with Crippen LogP contribution in [0, 0.1) is 12.7 Å². The Bertz CT molecular complexity index is 1320. The fourth-order valence-corrected chi connectivity index (χ4v) is 5.36. The number of nitrogens with zero attached hydrogens (tertiary/aromatic N) is 7. The second-order valence-corrected chi connectivity index (χ2v) is 10.1. The highest BCUT2D eigenvalue weighted by Gasteiger charge is 2.42. The summed E-state index contributed by atoms with van der Waals surface area (Å²) in [4.78, 5) is 23.7. The molecule has 4 heterocycles. The van der Waals surface area contributed by atoms with E-state index in [0.717, 1.165) is 40.4 Å². The number of anilines is 3. The van der Waals surface area contributed by atoms with Crippen LogP contribution in [-0.2, 0) is 7.05 Å². The summed E-state index contributed by atoms with van der Waals surface area (Å²) in [6, 6.07) is 3.02. The van der Waals surface area contributed by atoms with Gasteiger partial charge in [0.25, 0.3) is 0 Å². The molecule has 0 saturated carbocycles. The van der Waals surface area contributed by atoms with Crippen LogP contribution in [0.4, 0.5) is 21.8 Å². The van der Waals surface area contributed by atoms with Gasteiger partial charge in [-0.1, -0.05) is 0 Å². The zero-order valence-corrected chi connectivity index (χ0v) is 20.3. The molecule has 0 radical (unpaired) electrons. The monoisotopic (exact) mass is 483 g/mol. The summed E-state index contributed by atoms with van der Waals surface area (Å²) in [5.41, 5.74) is 0.407. The number of piperidine rings is 1. The zero-order chi connectivity index (χ0) is 24.9. The van der Waals surface area contributed by atoms with Crippen LogP contribution in [0.5, 0.6) is 5.75 Å². The molecule has 1 aromatic carbocycles. The van der Waals surface area contributed by atoms with Crippen LogP contribution >= 0.6 is 0 Å². The number of hydrogen-bond donors (Lipinski definition) is 3. The first-order valence-corrected chi connectivity index (χ1v) is 11.8. The van der Waals surface area contributed by atoms with Gasteiger partial charge in [0.05, 0.1) is 5.69 Å². The Hall–Kier alpha value is -3.54. The number of phenolic OH excluding ortho intramolecular Hbond substituents is 1. The quantitative estimate of drug-likeness (QED) is 0.469. The molecule has 2 aliphatic rings. The van der Waals surface area contributed by atoms with E-state index in [1.54, 1.807) is 6.20 Å². The first kappa shape index (κ1) is 23.2. The molecule has 3 N–H and O–H groups in total. The predicted octanol–water partition coefficient (Wildman–Crippen LogP) is 2.47. The largest absolute Gasteiger partial charge is 0.506 e.